The molecule has 38 heavy (non-hydrogen) atoms. The first-order valence-electron chi connectivity index (χ1n) is 13.2. The lowest BCUT2D eigenvalue weighted by atomic mass is 9.93. The van der Waals surface area contributed by atoms with Crippen LogP contribution in [0.3, 0.4) is 0 Å². The van der Waals surface area contributed by atoms with Gasteiger partial charge in [0.05, 0.1) is 11.7 Å². The number of hydrogen-bond donors (Lipinski definition) is 3. The molecule has 0 spiro atoms. The fourth-order valence-electron chi connectivity index (χ4n) is 4.28. The molecular weight excluding hydrogens is 474 g/mol. The number of nitrogens with zero attached hydrogens (tertiary/aromatic N) is 4. The van der Waals surface area contributed by atoms with Crippen molar-refractivity contribution in [2.75, 3.05) is 13.2 Å². The van der Waals surface area contributed by atoms with Crippen molar-refractivity contribution < 1.29 is 4.74 Å². The van der Waals surface area contributed by atoms with Gasteiger partial charge in [-0.2, -0.15) is 0 Å². The molecule has 0 atom stereocenters. The molecule has 1 saturated carbocycles. The molecule has 8 nitrogen and oxygen atoms in total. The second-order valence-electron chi connectivity index (χ2n) is 8.88. The minimum atomic E-state index is 0.237. The van der Waals surface area contributed by atoms with Crippen LogP contribution in [-0.4, -0.2) is 45.4 Å². The van der Waals surface area contributed by atoms with Gasteiger partial charge in [-0.15, -0.1) is 0 Å². The van der Waals surface area contributed by atoms with Gasteiger partial charge in [-0.25, -0.2) is 9.98 Å². The summed E-state index contributed by atoms with van der Waals surface area (Å²) < 4.78 is 7.64. The summed E-state index contributed by atoms with van der Waals surface area (Å²) in [4.78, 5) is 17.7. The average molecular weight is 512 g/mol. The van der Waals surface area contributed by atoms with E-state index in [1.165, 1.54) is 6.42 Å². The molecule has 5 rings (SSSR count). The Morgan fingerprint density at radius 3 is 2.53 bits per heavy atom. The number of amidine groups is 2. The van der Waals surface area contributed by atoms with Crippen LogP contribution in [0, 0.1) is 0 Å². The maximum atomic E-state index is 6.43. The first-order chi connectivity index (χ1) is 18.6. The number of aryl methyl sites for hydroxylation is 1. The van der Waals surface area contributed by atoms with Crippen LogP contribution in [0.4, 0.5) is 0 Å². The summed E-state index contributed by atoms with van der Waals surface area (Å²) >= 11 is 0. The van der Waals surface area contributed by atoms with Crippen molar-refractivity contribution in [1.82, 2.24) is 14.5 Å². The number of rotatable bonds is 8. The van der Waals surface area contributed by atoms with Crippen molar-refractivity contribution in [1.29, 1.82) is 0 Å². The van der Waals surface area contributed by atoms with Crippen LogP contribution in [0.5, 0.6) is 5.75 Å². The number of benzene rings is 2. The second kappa shape index (κ2) is 12.9. The van der Waals surface area contributed by atoms with Crippen molar-refractivity contribution >= 4 is 11.7 Å². The summed E-state index contributed by atoms with van der Waals surface area (Å²) in [6.45, 7) is 4.93. The Kier molecular flexibility index (Phi) is 9.11. The van der Waals surface area contributed by atoms with Gasteiger partial charge in [0.2, 0.25) is 0 Å². The van der Waals surface area contributed by atoms with Gasteiger partial charge in [0, 0.05) is 43.3 Å². The minimum Gasteiger partial charge on any atom is -0.492 e. The van der Waals surface area contributed by atoms with Gasteiger partial charge in [0.1, 0.15) is 12.4 Å². The highest BCUT2D eigenvalue weighted by atomic mass is 16.5. The Morgan fingerprint density at radius 2 is 1.87 bits per heavy atom. The Hall–Kier alpha value is -4.17. The highest BCUT2D eigenvalue weighted by Crippen LogP contribution is 2.37. The topological polar surface area (TPSA) is 120 Å². The molecule has 0 aliphatic heterocycles. The van der Waals surface area contributed by atoms with Gasteiger partial charge in [0.15, 0.2) is 17.5 Å². The van der Waals surface area contributed by atoms with E-state index in [2.05, 4.69) is 28.2 Å². The number of H-pyrrole nitrogens is 1. The molecule has 1 aliphatic carbocycles. The van der Waals surface area contributed by atoms with Crippen LogP contribution in [0.15, 0.2) is 83.2 Å². The molecule has 1 fully saturated rings. The first kappa shape index (κ1) is 26.9. The molecule has 0 bridgehead atoms. The number of aromatic amines is 1. The molecule has 8 heteroatoms. The van der Waals surface area contributed by atoms with Crippen LogP contribution in [0.25, 0.3) is 22.3 Å². The molecular formula is C30H37N7O. The predicted octanol–water partition coefficient (Wildman–Crippen LogP) is 5.15. The van der Waals surface area contributed by atoms with Crippen LogP contribution in [0.1, 0.15) is 44.6 Å². The monoisotopic (exact) mass is 511 g/mol. The number of aromatic nitrogens is 3. The van der Waals surface area contributed by atoms with E-state index in [4.69, 9.17) is 26.2 Å². The van der Waals surface area contributed by atoms with Crippen molar-refractivity contribution in [2.45, 2.75) is 39.2 Å². The average Bonchev–Trinajstić information content (AvgIpc) is 3.57. The van der Waals surface area contributed by atoms with Crippen molar-refractivity contribution in [2.24, 2.45) is 28.5 Å². The number of nitrogens with one attached hydrogen (secondary N) is 1. The van der Waals surface area contributed by atoms with Gasteiger partial charge >= 0.3 is 0 Å². The Bertz CT molecular complexity index is 1380. The molecule has 5 N–H and O–H groups in total. The zero-order valence-corrected chi connectivity index (χ0v) is 22.4. The number of hydrogen-bond acceptors (Lipinski definition) is 4. The Labute approximate surface area is 224 Å². The summed E-state index contributed by atoms with van der Waals surface area (Å²) in [6.07, 6.45) is 8.84. The number of aliphatic imine (C=N–C) groups is 2. The maximum Gasteiger partial charge on any atom is 0.175 e. The van der Waals surface area contributed by atoms with Gasteiger partial charge in [0.25, 0.3) is 0 Å². The summed E-state index contributed by atoms with van der Waals surface area (Å²) in [7, 11) is 1.90. The van der Waals surface area contributed by atoms with Gasteiger partial charge in [-0.05, 0) is 42.5 Å². The summed E-state index contributed by atoms with van der Waals surface area (Å²) in [5, 5.41) is 0. The zero-order chi connectivity index (χ0) is 26.9. The highest BCUT2D eigenvalue weighted by molar-refractivity contribution is 6.13. The van der Waals surface area contributed by atoms with Crippen molar-refractivity contribution in [3.63, 3.8) is 0 Å². The summed E-state index contributed by atoms with van der Waals surface area (Å²) in [5.41, 5.74) is 17.0. The van der Waals surface area contributed by atoms with Gasteiger partial charge in [-0.1, -0.05) is 56.3 Å². The summed E-state index contributed by atoms with van der Waals surface area (Å²) in [5.74, 6) is 2.29. The van der Waals surface area contributed by atoms with E-state index < -0.39 is 0 Å². The Balaban J connectivity index is 0.00000164. The SMILES string of the molecule is CC.Cn1ccnc1C(N)=NC(=NC1CCC1)c1[nH]cc(-c2cccc(OCCN)c2)c1-c1ccccc1. The molecule has 2 aromatic heterocycles. The molecule has 198 valence electrons. The minimum absolute atomic E-state index is 0.237. The molecule has 2 aromatic carbocycles. The largest absolute Gasteiger partial charge is 0.492 e. The lowest BCUT2D eigenvalue weighted by Crippen LogP contribution is -2.23. The van der Waals surface area contributed by atoms with Crippen LogP contribution >= 0.6 is 0 Å². The maximum absolute atomic E-state index is 6.43. The van der Waals surface area contributed by atoms with Crippen molar-refractivity contribution in [3.8, 4) is 28.0 Å². The van der Waals surface area contributed by atoms with E-state index in [1.54, 1.807) is 6.20 Å². The third-order valence-electron chi connectivity index (χ3n) is 6.35. The third kappa shape index (κ3) is 6.03. The molecule has 1 aliphatic rings. The number of nitrogens with two attached hydrogens (primary N) is 2. The quantitative estimate of drug-likeness (QED) is 0.224. The highest BCUT2D eigenvalue weighted by Gasteiger charge is 2.23. The van der Waals surface area contributed by atoms with Crippen molar-refractivity contribution in [3.05, 3.63) is 84.7 Å². The van der Waals surface area contributed by atoms with Crippen LogP contribution in [-0.2, 0) is 7.05 Å². The molecule has 0 unspecified atom stereocenters. The Morgan fingerprint density at radius 1 is 1.11 bits per heavy atom. The van der Waals surface area contributed by atoms with Crippen LogP contribution in [0.2, 0.25) is 0 Å². The lowest BCUT2D eigenvalue weighted by molar-refractivity contribution is 0.328. The fourth-order valence-corrected chi connectivity index (χ4v) is 4.28. The van der Waals surface area contributed by atoms with E-state index in [9.17, 15) is 0 Å². The lowest BCUT2D eigenvalue weighted by Gasteiger charge is -2.22. The zero-order valence-electron chi connectivity index (χ0n) is 22.4. The van der Waals surface area contributed by atoms with E-state index in [-0.39, 0.29) is 6.04 Å². The summed E-state index contributed by atoms with van der Waals surface area (Å²) in [6, 6.07) is 18.5. The van der Waals surface area contributed by atoms with Gasteiger partial charge < -0.3 is 25.8 Å². The molecule has 2 heterocycles. The molecule has 0 radical (unpaired) electrons. The van der Waals surface area contributed by atoms with E-state index in [0.29, 0.717) is 30.6 Å². The molecule has 4 aromatic rings. The molecule has 0 saturated heterocycles. The van der Waals surface area contributed by atoms with E-state index in [0.717, 1.165) is 46.5 Å². The first-order valence-corrected chi connectivity index (χ1v) is 13.2. The smallest absolute Gasteiger partial charge is 0.175 e. The van der Waals surface area contributed by atoms with Crippen LogP contribution < -0.4 is 16.2 Å². The fraction of sp³-hybridized carbons (Fsp3) is 0.300. The normalized spacial score (nSPS) is 14.0. The van der Waals surface area contributed by atoms with Gasteiger partial charge in [-0.3, -0.25) is 4.99 Å². The predicted molar refractivity (Wildman–Crippen MR) is 156 cm³/mol. The number of ether oxygens (including phenoxy) is 1. The second-order valence-corrected chi connectivity index (χ2v) is 8.88. The number of imidazole rings is 1. The van der Waals surface area contributed by atoms with E-state index in [1.807, 2.05) is 74.3 Å². The van der Waals surface area contributed by atoms with E-state index >= 15 is 0 Å². The molecule has 0 amide bonds. The standard InChI is InChI=1S/C28H31N7O.C2H6/c1-35-15-14-31-28(35)26(30)34-27(33-21-10-6-11-21)25-24(19-7-3-2-4-8-19)23(18-32-25)20-9-5-12-22(17-20)36-16-13-29;1-2/h2-5,7-9,12,14-15,17-18,21,32H,6,10-11,13,16,29H2,1H3,(H2,30,33,34);1-2H3. The third-order valence-corrected chi connectivity index (χ3v) is 6.35.